The van der Waals surface area contributed by atoms with Crippen LogP contribution in [0.5, 0.6) is 5.75 Å². The van der Waals surface area contributed by atoms with Crippen molar-refractivity contribution in [1.29, 1.82) is 0 Å². The number of pyridine rings is 1. The molecule has 2 aliphatic rings. The number of hydrogen-bond acceptors (Lipinski definition) is 8. The molecule has 0 radical (unpaired) electrons. The topological polar surface area (TPSA) is 125 Å². The van der Waals surface area contributed by atoms with Crippen LogP contribution in [0.2, 0.25) is 0 Å². The first kappa shape index (κ1) is 32.1. The first-order valence-corrected chi connectivity index (χ1v) is 16.8. The molecule has 1 aliphatic heterocycles. The van der Waals surface area contributed by atoms with Crippen LogP contribution < -0.4 is 15.2 Å². The minimum atomic E-state index is -4.64. The number of methoxy groups -OCH3 is 1. The first-order chi connectivity index (χ1) is 22.0. The van der Waals surface area contributed by atoms with Crippen molar-refractivity contribution >= 4 is 32.4 Å². The van der Waals surface area contributed by atoms with Crippen molar-refractivity contribution in [1.82, 2.24) is 19.7 Å². The number of ether oxygens (including phenoxy) is 2. The second-order valence-electron chi connectivity index (χ2n) is 12.1. The lowest BCUT2D eigenvalue weighted by molar-refractivity contribution is 0.00731. The Morgan fingerprint density at radius 3 is 2.41 bits per heavy atom. The Balaban J connectivity index is 1.35. The summed E-state index contributed by atoms with van der Waals surface area (Å²) in [5.41, 5.74) is 7.28. The van der Waals surface area contributed by atoms with Crippen molar-refractivity contribution in [3.63, 3.8) is 0 Å². The number of nitrogens with one attached hydrogen (secondary N) is 1. The molecule has 2 aromatic carbocycles. The number of aromatic nitrogens is 3. The van der Waals surface area contributed by atoms with Gasteiger partial charge in [0.15, 0.2) is 0 Å². The van der Waals surface area contributed by atoms with E-state index in [0.717, 1.165) is 81.3 Å². The molecule has 1 saturated heterocycles. The maximum Gasteiger partial charge on any atom is 0.265 e. The molecule has 10 nitrogen and oxygen atoms in total. The van der Waals surface area contributed by atoms with E-state index in [-0.39, 0.29) is 34.8 Å². The van der Waals surface area contributed by atoms with E-state index in [1.54, 1.807) is 10.9 Å². The molecule has 3 N–H and O–H groups in total. The number of anilines is 2. The van der Waals surface area contributed by atoms with Crippen molar-refractivity contribution in [3.8, 4) is 17.0 Å². The van der Waals surface area contributed by atoms with E-state index in [9.17, 15) is 12.8 Å². The fourth-order valence-corrected chi connectivity index (χ4v) is 7.75. The zero-order chi connectivity index (χ0) is 32.7. The van der Waals surface area contributed by atoms with Gasteiger partial charge in [0.25, 0.3) is 10.0 Å². The largest absolute Gasteiger partial charge is 0.497 e. The molecule has 2 aromatic heterocycles. The van der Waals surface area contributed by atoms with Crippen molar-refractivity contribution in [2.75, 3.05) is 43.9 Å². The Kier molecular flexibility index (Phi) is 8.87. The summed E-state index contributed by atoms with van der Waals surface area (Å²) >= 11 is 0. The van der Waals surface area contributed by atoms with Crippen LogP contribution in [0.15, 0.2) is 41.4 Å². The van der Waals surface area contributed by atoms with Gasteiger partial charge < -0.3 is 15.2 Å². The fraction of sp³-hybridized carbons (Fsp3) is 0.438. The predicted molar refractivity (Wildman–Crippen MR) is 169 cm³/mol. The van der Waals surface area contributed by atoms with Gasteiger partial charge >= 0.3 is 0 Å². The molecule has 0 atom stereocenters. The van der Waals surface area contributed by atoms with Crippen LogP contribution in [0.1, 0.15) is 57.1 Å². The Morgan fingerprint density at radius 2 is 1.74 bits per heavy atom. The molecule has 2 fully saturated rings. The van der Waals surface area contributed by atoms with E-state index in [4.69, 9.17) is 20.3 Å². The smallest absolute Gasteiger partial charge is 0.265 e. The summed E-state index contributed by atoms with van der Waals surface area (Å²) in [4.78, 5) is 6.19. The zero-order valence-electron chi connectivity index (χ0n) is 25.9. The van der Waals surface area contributed by atoms with Crippen LogP contribution in [-0.2, 0) is 14.8 Å². The van der Waals surface area contributed by atoms with Gasteiger partial charge in [0.05, 0.1) is 36.9 Å². The normalized spacial score (nSPS) is 19.5. The maximum atomic E-state index is 15.8. The number of nitrogens with zero attached hydrogens (tertiary/aromatic N) is 4. The quantitative estimate of drug-likeness (QED) is 0.242. The number of nitrogen functional groups attached to an aromatic ring is 1. The summed E-state index contributed by atoms with van der Waals surface area (Å²) < 4.78 is 85.9. The van der Waals surface area contributed by atoms with Crippen LogP contribution in [0, 0.1) is 17.5 Å². The molecule has 0 amide bonds. The number of rotatable bonds is 8. The summed E-state index contributed by atoms with van der Waals surface area (Å²) in [6.07, 6.45) is 5.69. The molecule has 1 aliphatic carbocycles. The minimum absolute atomic E-state index is 0.0760. The molecular formula is C32H37F3N6O4S. The zero-order valence-corrected chi connectivity index (χ0v) is 26.7. The molecule has 1 saturated carbocycles. The number of benzene rings is 2. The Morgan fingerprint density at radius 1 is 1.02 bits per heavy atom. The van der Waals surface area contributed by atoms with E-state index < -0.39 is 38.1 Å². The maximum absolute atomic E-state index is 15.8. The number of sulfonamides is 1. The summed E-state index contributed by atoms with van der Waals surface area (Å²) in [6.45, 7) is 7.27. The third kappa shape index (κ3) is 6.00. The van der Waals surface area contributed by atoms with Gasteiger partial charge in [-0.05, 0) is 69.2 Å². The number of fused-ring (bicyclic) bond motifs is 1. The highest BCUT2D eigenvalue weighted by Crippen LogP contribution is 2.43. The van der Waals surface area contributed by atoms with E-state index in [1.807, 2.05) is 18.6 Å². The molecular weight excluding hydrogens is 621 g/mol. The van der Waals surface area contributed by atoms with Crippen LogP contribution in [0.4, 0.5) is 24.7 Å². The lowest BCUT2D eigenvalue weighted by Crippen LogP contribution is -2.44. The molecule has 4 aromatic rings. The average molecular weight is 659 g/mol. The number of halogens is 3. The Labute approximate surface area is 265 Å². The lowest BCUT2D eigenvalue weighted by Gasteiger charge is -2.39. The Bertz CT molecular complexity index is 1870. The van der Waals surface area contributed by atoms with Gasteiger partial charge in [-0.25, -0.2) is 26.6 Å². The highest BCUT2D eigenvalue weighted by atomic mass is 32.2. The summed E-state index contributed by atoms with van der Waals surface area (Å²) in [5, 5.41) is 5.12. The molecule has 3 heterocycles. The second kappa shape index (κ2) is 12.7. The molecule has 14 heteroatoms. The fourth-order valence-electron chi connectivity index (χ4n) is 6.60. The Hall–Kier alpha value is -3.88. The highest BCUT2D eigenvalue weighted by Gasteiger charge is 2.32. The van der Waals surface area contributed by atoms with Crippen LogP contribution in [0.25, 0.3) is 22.2 Å². The molecule has 0 bridgehead atoms. The minimum Gasteiger partial charge on any atom is -0.497 e. The SMILES string of the molecule is COc1ccc(F)c(S(=O)(=O)Nc2cc(F)c(-c3nn(C(C)C)c4c3c(N)ncc4[C@H]3CC[C@H](N4CCOCC4)CC3)cc2F)c1. The van der Waals surface area contributed by atoms with Crippen molar-refractivity contribution in [2.45, 2.75) is 62.4 Å². The molecule has 0 spiro atoms. The highest BCUT2D eigenvalue weighted by molar-refractivity contribution is 7.92. The van der Waals surface area contributed by atoms with Gasteiger partial charge in [0.2, 0.25) is 0 Å². The monoisotopic (exact) mass is 658 g/mol. The van der Waals surface area contributed by atoms with Crippen LogP contribution in [0.3, 0.4) is 0 Å². The van der Waals surface area contributed by atoms with E-state index in [2.05, 4.69) is 9.88 Å². The number of morpholine rings is 1. The summed E-state index contributed by atoms with van der Waals surface area (Å²) in [7, 11) is -3.35. The average Bonchev–Trinajstić information content (AvgIpc) is 3.45. The van der Waals surface area contributed by atoms with Crippen molar-refractivity contribution in [2.24, 2.45) is 0 Å². The van der Waals surface area contributed by atoms with Crippen LogP contribution in [-0.4, -0.2) is 67.5 Å². The van der Waals surface area contributed by atoms with Crippen molar-refractivity contribution in [3.05, 3.63) is 59.5 Å². The molecule has 246 valence electrons. The second-order valence-corrected chi connectivity index (χ2v) is 13.7. The van der Waals surface area contributed by atoms with Gasteiger partial charge in [-0.15, -0.1) is 0 Å². The van der Waals surface area contributed by atoms with Gasteiger partial charge in [-0.2, -0.15) is 5.10 Å². The summed E-state index contributed by atoms with van der Waals surface area (Å²) in [6, 6.07) is 5.03. The van der Waals surface area contributed by atoms with E-state index in [1.165, 1.54) is 13.2 Å². The number of hydrogen-bond donors (Lipinski definition) is 2. The third-order valence-electron chi connectivity index (χ3n) is 8.95. The van der Waals surface area contributed by atoms with Gasteiger partial charge in [0, 0.05) is 49.1 Å². The van der Waals surface area contributed by atoms with Gasteiger partial charge in [0.1, 0.15) is 39.6 Å². The number of nitrogens with two attached hydrogens (primary N) is 1. The standard InChI is InChI=1S/C32H37F3N6O4S/c1-18(2)41-31-23(19-4-6-20(7-5-19)40-10-12-45-13-11-40)17-37-32(36)29(31)30(38-41)22-15-26(35)27(16-25(22)34)39-46(42,43)28-14-21(44-3)8-9-24(28)33/h8-9,14-20,39H,4-7,10-13H2,1-3H3,(H2,36,37)/t19-,20-. The van der Waals surface area contributed by atoms with E-state index >= 15 is 8.78 Å². The lowest BCUT2D eigenvalue weighted by atomic mass is 9.81. The van der Waals surface area contributed by atoms with Crippen molar-refractivity contribution < 1.29 is 31.1 Å². The summed E-state index contributed by atoms with van der Waals surface area (Å²) in [5.74, 6) is -2.72. The molecule has 46 heavy (non-hydrogen) atoms. The van der Waals surface area contributed by atoms with Gasteiger partial charge in [-0.1, -0.05) is 0 Å². The molecule has 6 rings (SSSR count). The third-order valence-corrected chi connectivity index (χ3v) is 10.3. The first-order valence-electron chi connectivity index (χ1n) is 15.3. The van der Waals surface area contributed by atoms with Gasteiger partial charge in [-0.3, -0.25) is 14.3 Å². The van der Waals surface area contributed by atoms with Crippen LogP contribution >= 0.6 is 0 Å². The molecule has 0 unspecified atom stereocenters. The van der Waals surface area contributed by atoms with E-state index in [0.29, 0.717) is 17.5 Å². The predicted octanol–water partition coefficient (Wildman–Crippen LogP) is 5.85.